The van der Waals surface area contributed by atoms with Crippen molar-refractivity contribution in [1.29, 1.82) is 0 Å². The topological polar surface area (TPSA) is 108 Å². The van der Waals surface area contributed by atoms with Gasteiger partial charge in [0, 0.05) is 39.3 Å². The number of benzene rings is 1. The average molecular weight is 486 g/mol. The lowest BCUT2D eigenvalue weighted by molar-refractivity contribution is -0.142. The molecular weight excluding hydrogens is 450 g/mol. The predicted molar refractivity (Wildman–Crippen MR) is 130 cm³/mol. The second-order valence-corrected chi connectivity index (χ2v) is 9.73. The van der Waals surface area contributed by atoms with Gasteiger partial charge in [0.15, 0.2) is 5.82 Å². The lowest BCUT2D eigenvalue weighted by Gasteiger charge is -2.43. The number of carboxylic acid groups (broad SMARTS) is 1. The third-order valence-electron chi connectivity index (χ3n) is 6.80. The minimum atomic E-state index is -1.08. The number of hydrogen-bond acceptors (Lipinski definition) is 5. The number of carbonyl (C=O) groups is 3. The van der Waals surface area contributed by atoms with Crippen LogP contribution in [-0.2, 0) is 16.1 Å². The van der Waals surface area contributed by atoms with E-state index in [1.165, 1.54) is 4.90 Å². The molecule has 4 rings (SSSR count). The number of likely N-dealkylation sites (tertiary alicyclic amines) is 1. The number of piperidine rings is 1. The number of carbonyl (C=O) groups excluding carboxylic acids is 2. The summed E-state index contributed by atoms with van der Waals surface area (Å²) in [7, 11) is 0. The van der Waals surface area contributed by atoms with Crippen LogP contribution < -0.4 is 0 Å². The predicted octanol–water partition coefficient (Wildman–Crippen LogP) is 2.38. The molecule has 0 spiro atoms. The molecule has 2 atom stereocenters. The number of aromatic nitrogens is 2. The Morgan fingerprint density at radius 2 is 1.86 bits per heavy atom. The molecule has 0 radical (unpaired) electrons. The van der Waals surface area contributed by atoms with E-state index in [9.17, 15) is 19.5 Å². The van der Waals surface area contributed by atoms with Gasteiger partial charge in [0.25, 0.3) is 5.91 Å². The summed E-state index contributed by atoms with van der Waals surface area (Å²) in [6, 6.07) is 7.22. The number of fused-ring (bicyclic) bond motifs is 1. The smallest absolute Gasteiger partial charge is 0.407 e. The Morgan fingerprint density at radius 1 is 1.14 bits per heavy atom. The van der Waals surface area contributed by atoms with Gasteiger partial charge in [-0.3, -0.25) is 9.59 Å². The first-order valence-electron chi connectivity index (χ1n) is 12.4. The molecule has 0 aliphatic carbocycles. The largest absolute Gasteiger partial charge is 0.465 e. The van der Waals surface area contributed by atoms with Crippen molar-refractivity contribution in [2.45, 2.75) is 39.8 Å². The summed E-state index contributed by atoms with van der Waals surface area (Å²) < 4.78 is 7.27. The second kappa shape index (κ2) is 10.6. The van der Waals surface area contributed by atoms with E-state index in [1.807, 2.05) is 49.6 Å². The van der Waals surface area contributed by atoms with Gasteiger partial charge in [0.1, 0.15) is 0 Å². The third kappa shape index (κ3) is 5.27. The van der Waals surface area contributed by atoms with Crippen LogP contribution in [0.15, 0.2) is 24.3 Å². The molecule has 2 saturated heterocycles. The van der Waals surface area contributed by atoms with Gasteiger partial charge in [0.05, 0.1) is 36.2 Å². The first-order valence-corrected chi connectivity index (χ1v) is 12.4. The number of hydrogen-bond donors (Lipinski definition) is 1. The Kier molecular flexibility index (Phi) is 7.59. The molecule has 2 fully saturated rings. The molecule has 2 aliphatic rings. The fourth-order valence-electron chi connectivity index (χ4n) is 5.15. The maximum atomic E-state index is 13.9. The molecule has 3 heterocycles. The van der Waals surface area contributed by atoms with Gasteiger partial charge in [-0.15, -0.1) is 0 Å². The van der Waals surface area contributed by atoms with E-state index in [4.69, 9.17) is 4.74 Å². The van der Waals surface area contributed by atoms with E-state index < -0.39 is 18.1 Å². The highest BCUT2D eigenvalue weighted by molar-refractivity contribution is 5.95. The summed E-state index contributed by atoms with van der Waals surface area (Å²) in [4.78, 5) is 48.7. The molecule has 1 N–H and O–H groups in total. The van der Waals surface area contributed by atoms with Crippen molar-refractivity contribution in [1.82, 2.24) is 24.3 Å². The van der Waals surface area contributed by atoms with E-state index in [0.717, 1.165) is 11.0 Å². The lowest BCUT2D eigenvalue weighted by atomic mass is 9.91. The van der Waals surface area contributed by atoms with Crippen molar-refractivity contribution < 1.29 is 24.2 Å². The highest BCUT2D eigenvalue weighted by Crippen LogP contribution is 2.27. The van der Waals surface area contributed by atoms with Gasteiger partial charge in [-0.2, -0.15) is 0 Å². The Bertz CT molecular complexity index is 1080. The maximum Gasteiger partial charge on any atom is 0.407 e. The number of ether oxygens (including phenoxy) is 1. The normalized spacial score (nSPS) is 20.9. The number of imidazole rings is 1. The van der Waals surface area contributed by atoms with E-state index >= 15 is 0 Å². The molecule has 0 saturated carbocycles. The van der Waals surface area contributed by atoms with Crippen LogP contribution in [0.25, 0.3) is 11.0 Å². The SMILES string of the molecule is CCn1c(C(=O)N(CC(C)C)[C@H]2C[C@@H](C(=O)N3CCOCC3)CN(C(=O)O)C2)nc2ccccc21. The monoisotopic (exact) mass is 485 g/mol. The van der Waals surface area contributed by atoms with Gasteiger partial charge in [-0.1, -0.05) is 26.0 Å². The first-order chi connectivity index (χ1) is 16.8. The molecule has 2 aliphatic heterocycles. The maximum absolute atomic E-state index is 13.9. The third-order valence-corrected chi connectivity index (χ3v) is 6.80. The van der Waals surface area contributed by atoms with Crippen LogP contribution in [0.2, 0.25) is 0 Å². The zero-order valence-electron chi connectivity index (χ0n) is 20.7. The standard InChI is InChI=1S/C25H35N5O5/c1-4-29-21-8-6-5-7-20(21)26-22(29)24(32)30(14-17(2)3)19-13-18(15-28(16-19)25(33)34)23(31)27-9-11-35-12-10-27/h5-8,17-19H,4,9-16H2,1-3H3,(H,33,34)/t18-,19+/m1/s1. The van der Waals surface area contributed by atoms with Crippen molar-refractivity contribution in [3.63, 3.8) is 0 Å². The summed E-state index contributed by atoms with van der Waals surface area (Å²) in [5.41, 5.74) is 1.64. The van der Waals surface area contributed by atoms with Crippen molar-refractivity contribution in [2.75, 3.05) is 45.9 Å². The Balaban J connectivity index is 1.66. The molecule has 3 amide bonds. The van der Waals surface area contributed by atoms with Gasteiger partial charge in [-0.05, 0) is 31.4 Å². The zero-order valence-corrected chi connectivity index (χ0v) is 20.7. The molecule has 10 nitrogen and oxygen atoms in total. The second-order valence-electron chi connectivity index (χ2n) is 9.73. The van der Waals surface area contributed by atoms with Crippen LogP contribution in [0.3, 0.4) is 0 Å². The van der Waals surface area contributed by atoms with E-state index in [2.05, 4.69) is 4.98 Å². The van der Waals surface area contributed by atoms with Crippen molar-refractivity contribution in [3.8, 4) is 0 Å². The van der Waals surface area contributed by atoms with E-state index in [0.29, 0.717) is 51.6 Å². The van der Waals surface area contributed by atoms with Gasteiger partial charge in [-0.25, -0.2) is 9.78 Å². The number of aryl methyl sites for hydroxylation is 1. The number of amides is 3. The van der Waals surface area contributed by atoms with E-state index in [1.54, 1.807) is 9.80 Å². The zero-order chi connectivity index (χ0) is 25.1. The summed E-state index contributed by atoms with van der Waals surface area (Å²) in [5.74, 6) is -0.297. The van der Waals surface area contributed by atoms with Crippen LogP contribution in [0, 0.1) is 11.8 Å². The first kappa shape index (κ1) is 25.0. The van der Waals surface area contributed by atoms with Crippen LogP contribution in [0.4, 0.5) is 4.79 Å². The molecule has 190 valence electrons. The van der Waals surface area contributed by atoms with Gasteiger partial charge in [0.2, 0.25) is 5.91 Å². The Labute approximate surface area is 205 Å². The lowest BCUT2D eigenvalue weighted by Crippen LogP contribution is -2.58. The number of nitrogens with zero attached hydrogens (tertiary/aromatic N) is 5. The van der Waals surface area contributed by atoms with E-state index in [-0.39, 0.29) is 30.8 Å². The fourth-order valence-corrected chi connectivity index (χ4v) is 5.15. The molecular formula is C25H35N5O5. The molecule has 0 bridgehead atoms. The van der Waals surface area contributed by atoms with Crippen molar-refractivity contribution in [3.05, 3.63) is 30.1 Å². The highest BCUT2D eigenvalue weighted by atomic mass is 16.5. The summed E-state index contributed by atoms with van der Waals surface area (Å²) in [6.07, 6.45) is -0.655. The van der Waals surface area contributed by atoms with Crippen LogP contribution in [0.1, 0.15) is 37.8 Å². The van der Waals surface area contributed by atoms with Crippen molar-refractivity contribution >= 4 is 28.9 Å². The minimum Gasteiger partial charge on any atom is -0.465 e. The average Bonchev–Trinajstić information content (AvgIpc) is 3.25. The molecule has 1 aromatic heterocycles. The van der Waals surface area contributed by atoms with Gasteiger partial charge >= 0.3 is 6.09 Å². The summed E-state index contributed by atoms with van der Waals surface area (Å²) in [5, 5.41) is 9.82. The van der Waals surface area contributed by atoms with Crippen LogP contribution in [0.5, 0.6) is 0 Å². The van der Waals surface area contributed by atoms with Gasteiger partial charge < -0.3 is 29.1 Å². The number of morpholine rings is 1. The van der Waals surface area contributed by atoms with Crippen LogP contribution in [-0.4, -0.2) is 99.2 Å². The molecule has 0 unspecified atom stereocenters. The number of para-hydroxylation sites is 2. The molecule has 2 aromatic rings. The summed E-state index contributed by atoms with van der Waals surface area (Å²) >= 11 is 0. The van der Waals surface area contributed by atoms with Crippen molar-refractivity contribution in [2.24, 2.45) is 11.8 Å². The number of rotatable bonds is 6. The molecule has 10 heteroatoms. The Morgan fingerprint density at radius 3 is 2.51 bits per heavy atom. The highest BCUT2D eigenvalue weighted by Gasteiger charge is 2.40. The van der Waals surface area contributed by atoms with Crippen LogP contribution >= 0.6 is 0 Å². The summed E-state index contributed by atoms with van der Waals surface area (Å²) in [6.45, 7) is 9.33. The minimum absolute atomic E-state index is 0.0676. The molecule has 1 aromatic carbocycles. The Hall–Kier alpha value is -3.14. The molecule has 35 heavy (non-hydrogen) atoms. The quantitative estimate of drug-likeness (QED) is 0.673. The fraction of sp³-hybridized carbons (Fsp3) is 0.600.